The summed E-state index contributed by atoms with van der Waals surface area (Å²) in [5.74, 6) is 0.871. The van der Waals surface area contributed by atoms with Crippen molar-refractivity contribution in [3.05, 3.63) is 29.3 Å². The molecule has 1 aromatic carbocycles. The second kappa shape index (κ2) is 6.40. The molecule has 0 saturated carbocycles. The molecule has 4 heteroatoms. The van der Waals surface area contributed by atoms with Gasteiger partial charge in [-0.3, -0.25) is 4.79 Å². The van der Waals surface area contributed by atoms with E-state index in [1.807, 2.05) is 6.07 Å². The Labute approximate surface area is 107 Å². The quantitative estimate of drug-likeness (QED) is 0.615. The first-order chi connectivity index (χ1) is 8.79. The van der Waals surface area contributed by atoms with Crippen LogP contribution in [0.5, 0.6) is 5.75 Å². The molecule has 0 bridgehead atoms. The zero-order chi connectivity index (χ0) is 12.8. The summed E-state index contributed by atoms with van der Waals surface area (Å²) in [6.45, 7) is 2.45. The Hall–Kier alpha value is -1.55. The highest BCUT2D eigenvalue weighted by Crippen LogP contribution is 2.25. The third-order valence-electron chi connectivity index (χ3n) is 3.05. The van der Waals surface area contributed by atoms with Crippen molar-refractivity contribution in [1.29, 1.82) is 0 Å². The molecule has 1 N–H and O–H groups in total. The molecule has 1 aromatic rings. The molecule has 0 fully saturated rings. The fourth-order valence-electron chi connectivity index (χ4n) is 2.04. The van der Waals surface area contributed by atoms with Crippen molar-refractivity contribution in [3.8, 4) is 5.75 Å². The fraction of sp³-hybridized carbons (Fsp3) is 0.500. The van der Waals surface area contributed by atoms with E-state index in [1.54, 1.807) is 0 Å². The van der Waals surface area contributed by atoms with Crippen LogP contribution in [-0.2, 0) is 22.5 Å². The van der Waals surface area contributed by atoms with Gasteiger partial charge in [0.15, 0.2) is 0 Å². The van der Waals surface area contributed by atoms with Crippen LogP contribution < -0.4 is 10.1 Å². The highest BCUT2D eigenvalue weighted by atomic mass is 16.5. The first-order valence-corrected chi connectivity index (χ1v) is 6.32. The van der Waals surface area contributed by atoms with Crippen molar-refractivity contribution < 1.29 is 14.3 Å². The van der Waals surface area contributed by atoms with E-state index >= 15 is 0 Å². The predicted octanol–water partition coefficient (Wildman–Crippen LogP) is 1.66. The lowest BCUT2D eigenvalue weighted by atomic mass is 10.1. The van der Waals surface area contributed by atoms with Crippen LogP contribution in [0, 0.1) is 0 Å². The van der Waals surface area contributed by atoms with Crippen molar-refractivity contribution >= 4 is 5.97 Å². The number of benzene rings is 1. The van der Waals surface area contributed by atoms with Crippen LogP contribution in [0.3, 0.4) is 0 Å². The summed E-state index contributed by atoms with van der Waals surface area (Å²) in [5.41, 5.74) is 2.56. The average molecular weight is 249 g/mol. The van der Waals surface area contributed by atoms with E-state index in [2.05, 4.69) is 22.2 Å². The molecule has 0 aliphatic carbocycles. The molecule has 18 heavy (non-hydrogen) atoms. The summed E-state index contributed by atoms with van der Waals surface area (Å²) in [4.78, 5) is 10.9. The Morgan fingerprint density at radius 3 is 3.22 bits per heavy atom. The number of hydrogen-bond acceptors (Lipinski definition) is 4. The van der Waals surface area contributed by atoms with E-state index in [0.29, 0.717) is 6.42 Å². The number of methoxy groups -OCH3 is 1. The van der Waals surface area contributed by atoms with Gasteiger partial charge in [-0.15, -0.1) is 0 Å². The lowest BCUT2D eigenvalue weighted by Gasteiger charge is -2.06. The van der Waals surface area contributed by atoms with Crippen LogP contribution in [0.4, 0.5) is 0 Å². The van der Waals surface area contributed by atoms with Gasteiger partial charge in [0.25, 0.3) is 0 Å². The zero-order valence-corrected chi connectivity index (χ0v) is 10.7. The van der Waals surface area contributed by atoms with Gasteiger partial charge in [0.05, 0.1) is 13.7 Å². The van der Waals surface area contributed by atoms with Gasteiger partial charge in [-0.25, -0.2) is 0 Å². The minimum absolute atomic E-state index is 0.147. The first-order valence-electron chi connectivity index (χ1n) is 6.32. The Balaban J connectivity index is 1.69. The molecule has 0 spiro atoms. The molecule has 1 aliphatic heterocycles. The molecular formula is C14H19NO3. The van der Waals surface area contributed by atoms with Crippen molar-refractivity contribution in [3.63, 3.8) is 0 Å². The Morgan fingerprint density at radius 2 is 2.39 bits per heavy atom. The second-order valence-corrected chi connectivity index (χ2v) is 4.40. The Bertz CT molecular complexity index is 418. The lowest BCUT2D eigenvalue weighted by molar-refractivity contribution is -0.140. The summed E-state index contributed by atoms with van der Waals surface area (Å²) in [6.07, 6.45) is 2.29. The third-order valence-corrected chi connectivity index (χ3v) is 3.05. The SMILES string of the molecule is COC(=O)CCCNCc1ccc2c(c1)CCO2. The van der Waals surface area contributed by atoms with Crippen LogP contribution >= 0.6 is 0 Å². The van der Waals surface area contributed by atoms with Crippen LogP contribution in [0.15, 0.2) is 18.2 Å². The fourth-order valence-corrected chi connectivity index (χ4v) is 2.04. The third kappa shape index (κ3) is 3.47. The Kier molecular flexibility index (Phi) is 4.59. The van der Waals surface area contributed by atoms with Gasteiger partial charge >= 0.3 is 5.97 Å². The van der Waals surface area contributed by atoms with E-state index in [9.17, 15) is 4.79 Å². The monoisotopic (exact) mass is 249 g/mol. The largest absolute Gasteiger partial charge is 0.493 e. The summed E-state index contributed by atoms with van der Waals surface area (Å²) >= 11 is 0. The molecule has 4 nitrogen and oxygen atoms in total. The van der Waals surface area contributed by atoms with Gasteiger partial charge < -0.3 is 14.8 Å². The van der Waals surface area contributed by atoms with E-state index in [1.165, 1.54) is 18.2 Å². The molecule has 1 heterocycles. The van der Waals surface area contributed by atoms with Crippen LogP contribution in [0.25, 0.3) is 0 Å². The summed E-state index contributed by atoms with van der Waals surface area (Å²) in [5, 5.41) is 3.32. The smallest absolute Gasteiger partial charge is 0.305 e. The number of rotatable bonds is 6. The molecule has 0 unspecified atom stereocenters. The van der Waals surface area contributed by atoms with Gasteiger partial charge in [-0.1, -0.05) is 12.1 Å². The maximum absolute atomic E-state index is 10.9. The first kappa shape index (κ1) is 12.9. The van der Waals surface area contributed by atoms with Gasteiger partial charge in [0.2, 0.25) is 0 Å². The maximum Gasteiger partial charge on any atom is 0.305 e. The van der Waals surface area contributed by atoms with Crippen molar-refractivity contribution in [1.82, 2.24) is 5.32 Å². The standard InChI is InChI=1S/C14H19NO3/c1-17-14(16)3-2-7-15-10-11-4-5-13-12(9-11)6-8-18-13/h4-5,9,15H,2-3,6-8,10H2,1H3. The normalized spacial score (nSPS) is 12.9. The maximum atomic E-state index is 10.9. The second-order valence-electron chi connectivity index (χ2n) is 4.40. The van der Waals surface area contributed by atoms with Crippen molar-refractivity contribution in [2.24, 2.45) is 0 Å². The van der Waals surface area contributed by atoms with Gasteiger partial charge in [0, 0.05) is 19.4 Å². The van der Waals surface area contributed by atoms with E-state index in [-0.39, 0.29) is 5.97 Å². The highest BCUT2D eigenvalue weighted by molar-refractivity contribution is 5.69. The van der Waals surface area contributed by atoms with Crippen LogP contribution in [0.2, 0.25) is 0 Å². The number of esters is 1. The molecule has 1 aliphatic rings. The molecule has 0 saturated heterocycles. The van der Waals surface area contributed by atoms with E-state index in [4.69, 9.17) is 4.74 Å². The molecule has 2 rings (SSSR count). The van der Waals surface area contributed by atoms with E-state index in [0.717, 1.165) is 38.3 Å². The summed E-state index contributed by atoms with van der Waals surface area (Å²) < 4.78 is 10.0. The number of hydrogen-bond donors (Lipinski definition) is 1. The predicted molar refractivity (Wildman–Crippen MR) is 68.6 cm³/mol. The van der Waals surface area contributed by atoms with Gasteiger partial charge in [-0.05, 0) is 30.2 Å². The van der Waals surface area contributed by atoms with Crippen LogP contribution in [-0.4, -0.2) is 26.2 Å². The van der Waals surface area contributed by atoms with Crippen molar-refractivity contribution in [2.45, 2.75) is 25.8 Å². The number of fused-ring (bicyclic) bond motifs is 1. The van der Waals surface area contributed by atoms with Gasteiger partial charge in [-0.2, -0.15) is 0 Å². The minimum atomic E-state index is -0.147. The van der Waals surface area contributed by atoms with E-state index < -0.39 is 0 Å². The number of carbonyl (C=O) groups is 1. The lowest BCUT2D eigenvalue weighted by Crippen LogP contribution is -2.16. The van der Waals surface area contributed by atoms with Crippen molar-refractivity contribution in [2.75, 3.05) is 20.3 Å². The number of ether oxygens (including phenoxy) is 2. The molecule has 0 atom stereocenters. The number of nitrogens with one attached hydrogen (secondary N) is 1. The molecule has 0 radical (unpaired) electrons. The summed E-state index contributed by atoms with van der Waals surface area (Å²) in [7, 11) is 1.42. The highest BCUT2D eigenvalue weighted by Gasteiger charge is 2.11. The van der Waals surface area contributed by atoms with Crippen LogP contribution in [0.1, 0.15) is 24.0 Å². The molecular weight excluding hydrogens is 230 g/mol. The number of carbonyl (C=O) groups excluding carboxylic acids is 1. The molecule has 98 valence electrons. The molecule has 0 amide bonds. The zero-order valence-electron chi connectivity index (χ0n) is 10.7. The minimum Gasteiger partial charge on any atom is -0.493 e. The van der Waals surface area contributed by atoms with Gasteiger partial charge in [0.1, 0.15) is 5.75 Å². The molecule has 0 aromatic heterocycles. The topological polar surface area (TPSA) is 47.6 Å². The Morgan fingerprint density at radius 1 is 1.50 bits per heavy atom. The summed E-state index contributed by atoms with van der Waals surface area (Å²) in [6, 6.07) is 6.31. The average Bonchev–Trinajstić information content (AvgIpc) is 2.85.